The molecule has 0 amide bonds. The second kappa shape index (κ2) is 4.44. The summed E-state index contributed by atoms with van der Waals surface area (Å²) in [5.74, 6) is 0. The highest BCUT2D eigenvalue weighted by Crippen LogP contribution is 1.96. The molecule has 0 aliphatic carbocycles. The lowest BCUT2D eigenvalue weighted by atomic mass is 10.2. The van der Waals surface area contributed by atoms with Crippen LogP contribution in [0.3, 0.4) is 0 Å². The first-order valence-corrected chi connectivity index (χ1v) is 3.98. The zero-order valence-corrected chi connectivity index (χ0v) is 7.25. The molecule has 0 atom stereocenters. The van der Waals surface area contributed by atoms with Gasteiger partial charge < -0.3 is 11.1 Å². The normalized spacial score (nSPS) is 11.2. The third kappa shape index (κ3) is 3.10. The summed E-state index contributed by atoms with van der Waals surface area (Å²) in [6.07, 6.45) is 1.81. The lowest BCUT2D eigenvalue weighted by molar-refractivity contribution is 0.858. The Morgan fingerprint density at radius 3 is 2.67 bits per heavy atom. The molecule has 0 unspecified atom stereocenters. The number of hydrogen-bond acceptors (Lipinski definition) is 2. The minimum Gasteiger partial charge on any atom is -0.401 e. The second-order valence-electron chi connectivity index (χ2n) is 2.75. The number of nitrogens with two attached hydrogens (primary N) is 1. The van der Waals surface area contributed by atoms with E-state index in [2.05, 4.69) is 17.4 Å². The van der Waals surface area contributed by atoms with Crippen LogP contribution in [0.25, 0.3) is 0 Å². The summed E-state index contributed by atoms with van der Waals surface area (Å²) in [7, 11) is 0. The highest BCUT2D eigenvalue weighted by Gasteiger charge is 1.86. The van der Waals surface area contributed by atoms with Crippen LogP contribution in [0, 0.1) is 0 Å². The van der Waals surface area contributed by atoms with Crippen molar-refractivity contribution in [2.75, 3.05) is 0 Å². The number of allylic oxidation sites excluding steroid dienone is 1. The predicted molar refractivity (Wildman–Crippen MR) is 51.2 cm³/mol. The molecule has 0 fully saturated rings. The molecule has 0 radical (unpaired) electrons. The molecule has 2 heteroatoms. The van der Waals surface area contributed by atoms with Gasteiger partial charge in [0.1, 0.15) is 0 Å². The maximum absolute atomic E-state index is 5.46. The Morgan fingerprint density at radius 2 is 2.08 bits per heavy atom. The Kier molecular flexibility index (Phi) is 3.20. The van der Waals surface area contributed by atoms with Crippen LogP contribution in [0.1, 0.15) is 12.5 Å². The first-order chi connectivity index (χ1) is 5.79. The molecule has 0 bridgehead atoms. The van der Waals surface area contributed by atoms with Gasteiger partial charge in [-0.05, 0) is 12.5 Å². The second-order valence-corrected chi connectivity index (χ2v) is 2.75. The first-order valence-electron chi connectivity index (χ1n) is 3.98. The van der Waals surface area contributed by atoms with Crippen molar-refractivity contribution in [1.29, 1.82) is 0 Å². The van der Waals surface area contributed by atoms with Gasteiger partial charge in [0, 0.05) is 18.4 Å². The predicted octanol–water partition coefficient (Wildman–Crippen LogP) is 1.60. The van der Waals surface area contributed by atoms with E-state index in [4.69, 9.17) is 5.73 Å². The van der Waals surface area contributed by atoms with Gasteiger partial charge in [0.2, 0.25) is 0 Å². The van der Waals surface area contributed by atoms with Crippen molar-refractivity contribution >= 4 is 0 Å². The van der Waals surface area contributed by atoms with E-state index in [1.165, 1.54) is 5.56 Å². The fourth-order valence-corrected chi connectivity index (χ4v) is 0.926. The van der Waals surface area contributed by atoms with E-state index >= 15 is 0 Å². The zero-order chi connectivity index (χ0) is 8.81. The van der Waals surface area contributed by atoms with Crippen LogP contribution < -0.4 is 11.1 Å². The number of nitrogens with one attached hydrogen (secondary N) is 1. The number of rotatable bonds is 3. The Labute approximate surface area is 73.1 Å². The Hall–Kier alpha value is -1.44. The van der Waals surface area contributed by atoms with Crippen LogP contribution >= 0.6 is 0 Å². The summed E-state index contributed by atoms with van der Waals surface area (Å²) >= 11 is 0. The van der Waals surface area contributed by atoms with Gasteiger partial charge in [-0.3, -0.25) is 0 Å². The van der Waals surface area contributed by atoms with Crippen molar-refractivity contribution < 1.29 is 0 Å². The van der Waals surface area contributed by atoms with Crippen molar-refractivity contribution in [3.05, 3.63) is 47.8 Å². The zero-order valence-electron chi connectivity index (χ0n) is 7.25. The van der Waals surface area contributed by atoms with E-state index < -0.39 is 0 Å². The van der Waals surface area contributed by atoms with E-state index in [0.29, 0.717) is 0 Å². The van der Waals surface area contributed by atoms with Gasteiger partial charge in [-0.2, -0.15) is 0 Å². The summed E-state index contributed by atoms with van der Waals surface area (Å²) in [6.45, 7) is 2.69. The third-order valence-electron chi connectivity index (χ3n) is 1.48. The van der Waals surface area contributed by atoms with E-state index in [-0.39, 0.29) is 0 Å². The summed E-state index contributed by atoms with van der Waals surface area (Å²) in [6, 6.07) is 10.2. The van der Waals surface area contributed by atoms with Gasteiger partial charge >= 0.3 is 0 Å². The molecule has 2 nitrogen and oxygen atoms in total. The molecule has 0 aromatic heterocycles. The lowest BCUT2D eigenvalue weighted by Crippen LogP contribution is -2.07. The Bertz CT molecular complexity index is 248. The van der Waals surface area contributed by atoms with E-state index in [9.17, 15) is 0 Å². The van der Waals surface area contributed by atoms with Crippen LogP contribution in [0.5, 0.6) is 0 Å². The quantitative estimate of drug-likeness (QED) is 0.708. The van der Waals surface area contributed by atoms with Crippen molar-refractivity contribution in [2.24, 2.45) is 5.73 Å². The summed E-state index contributed by atoms with van der Waals surface area (Å²) in [4.78, 5) is 0. The minimum absolute atomic E-state index is 0.797. The molecule has 0 aliphatic rings. The minimum atomic E-state index is 0.797. The topological polar surface area (TPSA) is 38.0 Å². The van der Waals surface area contributed by atoms with Gasteiger partial charge in [-0.25, -0.2) is 0 Å². The molecule has 1 aromatic rings. The average Bonchev–Trinajstić information content (AvgIpc) is 2.05. The average molecular weight is 162 g/mol. The van der Waals surface area contributed by atoms with Gasteiger partial charge in [0.25, 0.3) is 0 Å². The largest absolute Gasteiger partial charge is 0.401 e. The van der Waals surface area contributed by atoms with Crippen LogP contribution in [0.4, 0.5) is 0 Å². The lowest BCUT2D eigenvalue weighted by Gasteiger charge is -2.00. The van der Waals surface area contributed by atoms with Crippen molar-refractivity contribution in [1.82, 2.24) is 5.32 Å². The van der Waals surface area contributed by atoms with Crippen molar-refractivity contribution in [3.8, 4) is 0 Å². The van der Waals surface area contributed by atoms with Crippen LogP contribution in [-0.4, -0.2) is 0 Å². The molecule has 0 spiro atoms. The van der Waals surface area contributed by atoms with E-state index in [0.717, 1.165) is 12.2 Å². The van der Waals surface area contributed by atoms with Crippen LogP contribution in [-0.2, 0) is 6.54 Å². The van der Waals surface area contributed by atoms with Gasteiger partial charge in [-0.1, -0.05) is 30.3 Å². The summed E-state index contributed by atoms with van der Waals surface area (Å²) in [5, 5.41) is 3.11. The molecule has 0 saturated carbocycles. The molecule has 12 heavy (non-hydrogen) atoms. The monoisotopic (exact) mass is 162 g/mol. The van der Waals surface area contributed by atoms with Crippen molar-refractivity contribution in [2.45, 2.75) is 13.5 Å². The number of hydrogen-bond donors (Lipinski definition) is 2. The fraction of sp³-hybridized carbons (Fsp3) is 0.200. The highest BCUT2D eigenvalue weighted by atomic mass is 14.8. The van der Waals surface area contributed by atoms with Gasteiger partial charge in [0.05, 0.1) is 0 Å². The molecule has 3 N–H and O–H groups in total. The summed E-state index contributed by atoms with van der Waals surface area (Å²) < 4.78 is 0. The SMILES string of the molecule is C/C(N)=C/NCc1ccccc1. The van der Waals surface area contributed by atoms with Crippen molar-refractivity contribution in [3.63, 3.8) is 0 Å². The van der Waals surface area contributed by atoms with Gasteiger partial charge in [-0.15, -0.1) is 0 Å². The molecule has 0 saturated heterocycles. The van der Waals surface area contributed by atoms with Crippen LogP contribution in [0.15, 0.2) is 42.2 Å². The molecular formula is C10H14N2. The molecule has 1 aromatic carbocycles. The Morgan fingerprint density at radius 1 is 1.42 bits per heavy atom. The van der Waals surface area contributed by atoms with E-state index in [1.807, 2.05) is 31.3 Å². The fourth-order valence-electron chi connectivity index (χ4n) is 0.926. The third-order valence-corrected chi connectivity index (χ3v) is 1.48. The maximum atomic E-state index is 5.46. The smallest absolute Gasteiger partial charge is 0.0395 e. The standard InChI is InChI=1S/C10H14N2/c1-9(11)7-12-8-10-5-3-2-4-6-10/h2-7,12H,8,11H2,1H3/b9-7-. The Balaban J connectivity index is 2.39. The first kappa shape index (κ1) is 8.65. The molecule has 1 rings (SSSR count). The van der Waals surface area contributed by atoms with Gasteiger partial charge in [0.15, 0.2) is 0 Å². The van der Waals surface area contributed by atoms with E-state index in [1.54, 1.807) is 0 Å². The molecule has 0 aliphatic heterocycles. The van der Waals surface area contributed by atoms with Crippen LogP contribution in [0.2, 0.25) is 0 Å². The highest BCUT2D eigenvalue weighted by molar-refractivity contribution is 5.14. The maximum Gasteiger partial charge on any atom is 0.0395 e. The molecular weight excluding hydrogens is 148 g/mol. The molecule has 0 heterocycles. The molecule has 64 valence electrons. The number of benzene rings is 1. The summed E-state index contributed by atoms with van der Waals surface area (Å²) in [5.41, 5.74) is 7.51.